The molecule has 1 N–H and O–H groups in total. The highest BCUT2D eigenvalue weighted by atomic mass is 32.2. The highest BCUT2D eigenvalue weighted by Gasteiger charge is 2.06. The summed E-state index contributed by atoms with van der Waals surface area (Å²) in [7, 11) is -1.00. The molecule has 0 saturated carbocycles. The molecule has 0 aliphatic heterocycles. The van der Waals surface area contributed by atoms with Gasteiger partial charge in [0.25, 0.3) is 0 Å². The van der Waals surface area contributed by atoms with Crippen LogP contribution < -0.4 is 0 Å². The fourth-order valence-electron chi connectivity index (χ4n) is 1.43. The fourth-order valence-corrected chi connectivity index (χ4v) is 2.77. The second-order valence-electron chi connectivity index (χ2n) is 3.67. The number of unbranched alkanes of at least 4 members (excludes halogenated alkanes) is 1. The maximum absolute atomic E-state index is 11.9. The van der Waals surface area contributed by atoms with Crippen molar-refractivity contribution in [1.29, 1.82) is 0 Å². The van der Waals surface area contributed by atoms with Gasteiger partial charge in [-0.1, -0.05) is 18.2 Å². The van der Waals surface area contributed by atoms with Gasteiger partial charge in [0.15, 0.2) is 0 Å². The van der Waals surface area contributed by atoms with E-state index in [9.17, 15) is 9.00 Å². The van der Waals surface area contributed by atoms with Crippen molar-refractivity contribution in [2.75, 3.05) is 5.75 Å². The molecule has 0 spiro atoms. The second-order valence-corrected chi connectivity index (χ2v) is 5.21. The average molecular weight is 240 g/mol. The van der Waals surface area contributed by atoms with Crippen molar-refractivity contribution in [1.82, 2.24) is 0 Å². The number of benzene rings is 1. The molecule has 1 atom stereocenters. The minimum absolute atomic E-state index is 0.158. The molecule has 4 heteroatoms. The van der Waals surface area contributed by atoms with E-state index in [4.69, 9.17) is 5.11 Å². The maximum Gasteiger partial charge on any atom is 0.303 e. The van der Waals surface area contributed by atoms with Crippen molar-refractivity contribution < 1.29 is 14.1 Å². The SMILES string of the molecule is Cc1ccccc1S(=O)CCCCC(=O)O. The number of carboxylic acids is 1. The van der Waals surface area contributed by atoms with Crippen molar-refractivity contribution in [3.05, 3.63) is 29.8 Å². The summed E-state index contributed by atoms with van der Waals surface area (Å²) in [6.07, 6.45) is 1.44. The number of carboxylic acid groups (broad SMARTS) is 1. The van der Waals surface area contributed by atoms with Gasteiger partial charge in [0.05, 0.1) is 10.8 Å². The van der Waals surface area contributed by atoms with Gasteiger partial charge in [-0.2, -0.15) is 0 Å². The van der Waals surface area contributed by atoms with E-state index in [0.29, 0.717) is 18.6 Å². The lowest BCUT2D eigenvalue weighted by Gasteiger charge is -2.04. The Kier molecular flexibility index (Phi) is 5.19. The summed E-state index contributed by atoms with van der Waals surface area (Å²) in [5.74, 6) is -0.250. The minimum Gasteiger partial charge on any atom is -0.481 e. The lowest BCUT2D eigenvalue weighted by Crippen LogP contribution is -2.02. The molecular weight excluding hydrogens is 224 g/mol. The number of aliphatic carboxylic acids is 1. The van der Waals surface area contributed by atoms with Crippen LogP contribution in [0.1, 0.15) is 24.8 Å². The Labute approximate surface area is 98.0 Å². The molecule has 0 amide bonds. The van der Waals surface area contributed by atoms with Gasteiger partial charge >= 0.3 is 5.97 Å². The molecule has 88 valence electrons. The van der Waals surface area contributed by atoms with Gasteiger partial charge in [0, 0.05) is 17.1 Å². The van der Waals surface area contributed by atoms with Crippen molar-refractivity contribution in [2.24, 2.45) is 0 Å². The van der Waals surface area contributed by atoms with E-state index in [1.807, 2.05) is 31.2 Å². The number of rotatable bonds is 6. The lowest BCUT2D eigenvalue weighted by molar-refractivity contribution is -0.137. The smallest absolute Gasteiger partial charge is 0.303 e. The first-order chi connectivity index (χ1) is 7.61. The normalized spacial score (nSPS) is 12.3. The predicted molar refractivity (Wildman–Crippen MR) is 63.9 cm³/mol. The summed E-state index contributed by atoms with van der Waals surface area (Å²) in [6, 6.07) is 7.59. The summed E-state index contributed by atoms with van der Waals surface area (Å²) in [6.45, 7) is 1.94. The predicted octanol–water partition coefficient (Wildman–Crippen LogP) is 2.36. The Morgan fingerprint density at radius 1 is 1.31 bits per heavy atom. The quantitative estimate of drug-likeness (QED) is 0.777. The molecule has 0 aromatic heterocycles. The van der Waals surface area contributed by atoms with Crippen molar-refractivity contribution in [3.63, 3.8) is 0 Å². The number of hydrogen-bond donors (Lipinski definition) is 1. The van der Waals surface area contributed by atoms with E-state index < -0.39 is 16.8 Å². The van der Waals surface area contributed by atoms with Crippen LogP contribution >= 0.6 is 0 Å². The first kappa shape index (κ1) is 12.9. The van der Waals surface area contributed by atoms with E-state index in [1.165, 1.54) is 0 Å². The van der Waals surface area contributed by atoms with Gasteiger partial charge in [-0.15, -0.1) is 0 Å². The molecule has 1 unspecified atom stereocenters. The Bertz CT molecular complexity index is 388. The Balaban J connectivity index is 2.41. The van der Waals surface area contributed by atoms with Crippen LogP contribution in [0.15, 0.2) is 29.2 Å². The molecule has 0 heterocycles. The third-order valence-corrected chi connectivity index (χ3v) is 3.92. The second kappa shape index (κ2) is 6.43. The first-order valence-corrected chi connectivity index (χ1v) is 6.59. The molecule has 0 aliphatic rings. The third-order valence-electron chi connectivity index (χ3n) is 2.31. The van der Waals surface area contributed by atoms with Gasteiger partial charge in [-0.3, -0.25) is 9.00 Å². The lowest BCUT2D eigenvalue weighted by atomic mass is 10.2. The standard InChI is InChI=1S/C12H16O3S/c1-10-6-2-3-7-11(10)16(15)9-5-4-8-12(13)14/h2-3,6-7H,4-5,8-9H2,1H3,(H,13,14). The van der Waals surface area contributed by atoms with E-state index in [1.54, 1.807) is 0 Å². The summed E-state index contributed by atoms with van der Waals surface area (Å²) >= 11 is 0. The summed E-state index contributed by atoms with van der Waals surface area (Å²) in [5.41, 5.74) is 1.03. The summed E-state index contributed by atoms with van der Waals surface area (Å²) in [5, 5.41) is 8.46. The van der Waals surface area contributed by atoms with Crippen molar-refractivity contribution >= 4 is 16.8 Å². The molecular formula is C12H16O3S. The van der Waals surface area contributed by atoms with E-state index in [0.717, 1.165) is 10.5 Å². The van der Waals surface area contributed by atoms with Crippen LogP contribution in [0.5, 0.6) is 0 Å². The van der Waals surface area contributed by atoms with Gasteiger partial charge in [-0.05, 0) is 31.4 Å². The van der Waals surface area contributed by atoms with Crippen molar-refractivity contribution in [2.45, 2.75) is 31.1 Å². The Hall–Kier alpha value is -1.16. The molecule has 1 aromatic rings. The third kappa shape index (κ3) is 4.14. The van der Waals surface area contributed by atoms with Crippen LogP contribution in [0.4, 0.5) is 0 Å². The summed E-state index contributed by atoms with van der Waals surface area (Å²) < 4.78 is 11.9. The van der Waals surface area contributed by atoms with Gasteiger partial charge in [0.2, 0.25) is 0 Å². The molecule has 1 aromatic carbocycles. The summed E-state index contributed by atoms with van der Waals surface area (Å²) in [4.78, 5) is 11.2. The van der Waals surface area contributed by atoms with Gasteiger partial charge < -0.3 is 5.11 Å². The molecule has 0 bridgehead atoms. The monoisotopic (exact) mass is 240 g/mol. The van der Waals surface area contributed by atoms with E-state index in [-0.39, 0.29) is 6.42 Å². The van der Waals surface area contributed by atoms with E-state index >= 15 is 0 Å². The molecule has 0 saturated heterocycles. The average Bonchev–Trinajstić information content (AvgIpc) is 2.24. The van der Waals surface area contributed by atoms with Crippen LogP contribution in [0, 0.1) is 6.92 Å². The Morgan fingerprint density at radius 2 is 2.00 bits per heavy atom. The molecule has 0 aliphatic carbocycles. The molecule has 3 nitrogen and oxygen atoms in total. The van der Waals surface area contributed by atoms with Crippen LogP contribution in [0.2, 0.25) is 0 Å². The highest BCUT2D eigenvalue weighted by Crippen LogP contribution is 2.13. The zero-order valence-electron chi connectivity index (χ0n) is 9.31. The first-order valence-electron chi connectivity index (χ1n) is 5.27. The van der Waals surface area contributed by atoms with Crippen molar-refractivity contribution in [3.8, 4) is 0 Å². The number of hydrogen-bond acceptors (Lipinski definition) is 2. The van der Waals surface area contributed by atoms with Crippen LogP contribution in [0.25, 0.3) is 0 Å². The molecule has 0 radical (unpaired) electrons. The molecule has 16 heavy (non-hydrogen) atoms. The van der Waals surface area contributed by atoms with Crippen LogP contribution in [-0.4, -0.2) is 21.0 Å². The van der Waals surface area contributed by atoms with Gasteiger partial charge in [-0.25, -0.2) is 0 Å². The zero-order chi connectivity index (χ0) is 12.0. The molecule has 0 fully saturated rings. The Morgan fingerprint density at radius 3 is 2.62 bits per heavy atom. The van der Waals surface area contributed by atoms with E-state index in [2.05, 4.69) is 0 Å². The number of carbonyl (C=O) groups is 1. The molecule has 1 rings (SSSR count). The van der Waals surface area contributed by atoms with Crippen LogP contribution in [0.3, 0.4) is 0 Å². The van der Waals surface area contributed by atoms with Gasteiger partial charge in [0.1, 0.15) is 0 Å². The largest absolute Gasteiger partial charge is 0.481 e. The number of aryl methyl sites for hydroxylation is 1. The van der Waals surface area contributed by atoms with Crippen LogP contribution in [-0.2, 0) is 15.6 Å². The highest BCUT2D eigenvalue weighted by molar-refractivity contribution is 7.85. The maximum atomic E-state index is 11.9. The topological polar surface area (TPSA) is 54.4 Å². The fraction of sp³-hybridized carbons (Fsp3) is 0.417. The zero-order valence-corrected chi connectivity index (χ0v) is 10.1. The minimum atomic E-state index is -1.00.